The summed E-state index contributed by atoms with van der Waals surface area (Å²) < 4.78 is 0. The third-order valence-corrected chi connectivity index (χ3v) is 3.97. The Morgan fingerprint density at radius 3 is 2.50 bits per heavy atom. The van der Waals surface area contributed by atoms with Gasteiger partial charge in [0.05, 0.1) is 0 Å². The zero-order valence-corrected chi connectivity index (χ0v) is 12.7. The van der Waals surface area contributed by atoms with E-state index in [-0.39, 0.29) is 0 Å². The summed E-state index contributed by atoms with van der Waals surface area (Å²) in [5.41, 5.74) is 4.17. The van der Waals surface area contributed by atoms with Gasteiger partial charge in [0.15, 0.2) is 0 Å². The molecule has 0 N–H and O–H groups in total. The van der Waals surface area contributed by atoms with Crippen molar-refractivity contribution in [3.8, 4) is 0 Å². The van der Waals surface area contributed by atoms with Crippen molar-refractivity contribution in [1.82, 2.24) is 0 Å². The Bertz CT molecular complexity index is 406. The highest BCUT2D eigenvalue weighted by Gasteiger charge is 2.16. The van der Waals surface area contributed by atoms with Gasteiger partial charge in [0.1, 0.15) is 0 Å². The minimum absolute atomic E-state index is 0.622. The second kappa shape index (κ2) is 7.58. The van der Waals surface area contributed by atoms with Crippen LogP contribution in [-0.2, 0) is 6.42 Å². The Morgan fingerprint density at radius 1 is 1.28 bits per heavy atom. The third kappa shape index (κ3) is 3.58. The summed E-state index contributed by atoms with van der Waals surface area (Å²) >= 11 is 6.39. The van der Waals surface area contributed by atoms with E-state index in [0.29, 0.717) is 5.92 Å². The molecule has 0 atom stereocenters. The molecule has 0 radical (unpaired) electrons. The van der Waals surface area contributed by atoms with Crippen LogP contribution in [-0.4, -0.2) is 13.3 Å². The van der Waals surface area contributed by atoms with Crippen molar-refractivity contribution < 1.29 is 0 Å². The maximum absolute atomic E-state index is 6.39. The molecule has 0 fully saturated rings. The summed E-state index contributed by atoms with van der Waals surface area (Å²) in [6.07, 6.45) is 6.27. The van der Waals surface area contributed by atoms with Crippen molar-refractivity contribution in [2.75, 3.05) is 7.05 Å². The van der Waals surface area contributed by atoms with E-state index in [1.165, 1.54) is 29.5 Å². The highest BCUT2D eigenvalue weighted by molar-refractivity contribution is 6.31. The van der Waals surface area contributed by atoms with Gasteiger partial charge in [-0.15, -0.1) is 0 Å². The van der Waals surface area contributed by atoms with Crippen LogP contribution in [0.3, 0.4) is 0 Å². The van der Waals surface area contributed by atoms with Crippen LogP contribution in [0.2, 0.25) is 5.02 Å². The van der Waals surface area contributed by atoms with Gasteiger partial charge >= 0.3 is 0 Å². The molecular formula is C16H24ClN. The van der Waals surface area contributed by atoms with Gasteiger partial charge in [0, 0.05) is 12.1 Å². The van der Waals surface area contributed by atoms with Crippen molar-refractivity contribution in [2.45, 2.75) is 52.4 Å². The molecule has 0 heterocycles. The average molecular weight is 266 g/mol. The van der Waals surface area contributed by atoms with Gasteiger partial charge in [-0.25, -0.2) is 0 Å². The molecular weight excluding hydrogens is 242 g/mol. The summed E-state index contributed by atoms with van der Waals surface area (Å²) in [5.74, 6) is 0.622. The number of nitrogens with zero attached hydrogens (tertiary/aromatic N) is 1. The Balaban J connectivity index is 3.15. The van der Waals surface area contributed by atoms with E-state index in [2.05, 4.69) is 31.8 Å². The van der Waals surface area contributed by atoms with E-state index in [4.69, 9.17) is 11.6 Å². The molecule has 18 heavy (non-hydrogen) atoms. The predicted molar refractivity (Wildman–Crippen MR) is 82.2 cm³/mol. The lowest BCUT2D eigenvalue weighted by atomic mass is 9.85. The number of hydrogen-bond acceptors (Lipinski definition) is 1. The SMILES string of the molecule is CCC(CC)c1c(C)ccc(Cl)c1CCC=NC. The minimum atomic E-state index is 0.622. The van der Waals surface area contributed by atoms with Crippen LogP contribution in [0.15, 0.2) is 17.1 Å². The molecule has 0 bridgehead atoms. The van der Waals surface area contributed by atoms with E-state index < -0.39 is 0 Å². The first-order valence-electron chi connectivity index (χ1n) is 6.84. The Hall–Kier alpha value is -0.820. The maximum atomic E-state index is 6.39. The second-order valence-corrected chi connectivity index (χ2v) is 5.16. The summed E-state index contributed by atoms with van der Waals surface area (Å²) in [4.78, 5) is 4.05. The number of rotatable bonds is 6. The van der Waals surface area contributed by atoms with Gasteiger partial charge in [-0.1, -0.05) is 31.5 Å². The number of aryl methyl sites for hydroxylation is 1. The molecule has 1 aromatic rings. The highest BCUT2D eigenvalue weighted by atomic mass is 35.5. The Morgan fingerprint density at radius 2 is 1.94 bits per heavy atom. The molecule has 0 amide bonds. The van der Waals surface area contributed by atoms with Crippen molar-refractivity contribution in [2.24, 2.45) is 4.99 Å². The number of hydrogen-bond donors (Lipinski definition) is 0. The lowest BCUT2D eigenvalue weighted by Crippen LogP contribution is -2.05. The summed E-state index contributed by atoms with van der Waals surface area (Å²) in [6.45, 7) is 6.71. The summed E-state index contributed by atoms with van der Waals surface area (Å²) in [5, 5.41) is 0.909. The van der Waals surface area contributed by atoms with E-state index in [0.717, 1.165) is 17.9 Å². The molecule has 1 nitrogen and oxygen atoms in total. The summed E-state index contributed by atoms with van der Waals surface area (Å²) in [7, 11) is 1.82. The van der Waals surface area contributed by atoms with Crippen LogP contribution in [0.25, 0.3) is 0 Å². The lowest BCUT2D eigenvalue weighted by Gasteiger charge is -2.21. The normalized spacial score (nSPS) is 11.7. The molecule has 0 unspecified atom stereocenters. The standard InChI is InChI=1S/C16H24ClN/c1-5-13(6-2)16-12(3)9-10-15(17)14(16)8-7-11-18-4/h9-11,13H,5-8H2,1-4H3. The van der Waals surface area contributed by atoms with Crippen LogP contribution in [0.1, 0.15) is 55.7 Å². The molecule has 0 aliphatic carbocycles. The van der Waals surface area contributed by atoms with Gasteiger partial charge in [-0.3, -0.25) is 0 Å². The quantitative estimate of drug-likeness (QED) is 0.628. The van der Waals surface area contributed by atoms with E-state index in [1.807, 2.05) is 19.3 Å². The molecule has 0 aliphatic heterocycles. The fourth-order valence-corrected chi connectivity index (χ4v) is 2.87. The van der Waals surface area contributed by atoms with Crippen molar-refractivity contribution >= 4 is 17.8 Å². The van der Waals surface area contributed by atoms with Crippen molar-refractivity contribution in [3.63, 3.8) is 0 Å². The first kappa shape index (κ1) is 15.2. The molecule has 1 aromatic carbocycles. The zero-order chi connectivity index (χ0) is 13.5. The second-order valence-electron chi connectivity index (χ2n) is 4.75. The molecule has 0 aromatic heterocycles. The predicted octanol–water partition coefficient (Wildman–Crippen LogP) is 5.19. The van der Waals surface area contributed by atoms with Gasteiger partial charge in [0.25, 0.3) is 0 Å². The third-order valence-electron chi connectivity index (χ3n) is 3.62. The first-order valence-corrected chi connectivity index (χ1v) is 7.21. The zero-order valence-electron chi connectivity index (χ0n) is 12.0. The molecule has 0 aliphatic rings. The van der Waals surface area contributed by atoms with Crippen LogP contribution < -0.4 is 0 Å². The van der Waals surface area contributed by atoms with E-state index in [9.17, 15) is 0 Å². The molecule has 0 saturated heterocycles. The largest absolute Gasteiger partial charge is 0.301 e. The molecule has 100 valence electrons. The summed E-state index contributed by atoms with van der Waals surface area (Å²) in [6, 6.07) is 4.18. The number of benzene rings is 1. The van der Waals surface area contributed by atoms with Crippen molar-refractivity contribution in [1.29, 1.82) is 0 Å². The topological polar surface area (TPSA) is 12.4 Å². The van der Waals surface area contributed by atoms with Gasteiger partial charge in [-0.05, 0) is 67.5 Å². The number of aliphatic imine (C=N–C) groups is 1. The molecule has 0 spiro atoms. The molecule has 0 saturated carbocycles. The van der Waals surface area contributed by atoms with E-state index in [1.54, 1.807) is 0 Å². The highest BCUT2D eigenvalue weighted by Crippen LogP contribution is 2.34. The van der Waals surface area contributed by atoms with Crippen LogP contribution in [0.4, 0.5) is 0 Å². The van der Waals surface area contributed by atoms with Crippen LogP contribution in [0.5, 0.6) is 0 Å². The molecule has 1 rings (SSSR count). The smallest absolute Gasteiger partial charge is 0.0441 e. The fourth-order valence-electron chi connectivity index (χ4n) is 2.61. The van der Waals surface area contributed by atoms with Crippen LogP contribution in [0, 0.1) is 6.92 Å². The monoisotopic (exact) mass is 265 g/mol. The minimum Gasteiger partial charge on any atom is -0.301 e. The van der Waals surface area contributed by atoms with Gasteiger partial charge in [0.2, 0.25) is 0 Å². The molecule has 2 heteroatoms. The first-order chi connectivity index (χ1) is 8.65. The Labute approximate surface area is 116 Å². The average Bonchev–Trinajstić information content (AvgIpc) is 2.37. The fraction of sp³-hybridized carbons (Fsp3) is 0.562. The van der Waals surface area contributed by atoms with E-state index >= 15 is 0 Å². The lowest BCUT2D eigenvalue weighted by molar-refractivity contribution is 0.631. The van der Waals surface area contributed by atoms with Gasteiger partial charge < -0.3 is 4.99 Å². The Kier molecular flexibility index (Phi) is 6.42. The maximum Gasteiger partial charge on any atom is 0.0441 e. The number of halogens is 1. The van der Waals surface area contributed by atoms with Crippen LogP contribution >= 0.6 is 11.6 Å². The van der Waals surface area contributed by atoms with Gasteiger partial charge in [-0.2, -0.15) is 0 Å². The van der Waals surface area contributed by atoms with Crippen molar-refractivity contribution in [3.05, 3.63) is 33.8 Å².